The van der Waals surface area contributed by atoms with Crippen molar-refractivity contribution in [2.24, 2.45) is 0 Å². The van der Waals surface area contributed by atoms with Crippen LogP contribution in [0.3, 0.4) is 0 Å². The fraction of sp³-hybridized carbons (Fsp3) is 0.333. The number of likely N-dealkylation sites (tertiary alicyclic amines) is 1. The Labute approximate surface area is 159 Å². The molecule has 4 heterocycles. The summed E-state index contributed by atoms with van der Waals surface area (Å²) in [5, 5.41) is 7.87. The predicted molar refractivity (Wildman–Crippen MR) is 102 cm³/mol. The van der Waals surface area contributed by atoms with E-state index in [1.165, 1.54) is 0 Å². The van der Waals surface area contributed by atoms with Crippen molar-refractivity contribution in [2.75, 3.05) is 18.4 Å². The van der Waals surface area contributed by atoms with Crippen molar-refractivity contribution >= 4 is 33.8 Å². The summed E-state index contributed by atoms with van der Waals surface area (Å²) in [5.41, 5.74) is 2.94. The van der Waals surface area contributed by atoms with Crippen molar-refractivity contribution in [3.63, 3.8) is 0 Å². The van der Waals surface area contributed by atoms with Crippen molar-refractivity contribution in [3.8, 4) is 0 Å². The molecule has 0 unspecified atom stereocenters. The minimum atomic E-state index is 0.344. The zero-order valence-corrected chi connectivity index (χ0v) is 15.8. The Bertz CT molecular complexity index is 905. The number of pyridine rings is 1. The molecule has 134 valence electrons. The molecule has 0 aromatic carbocycles. The highest BCUT2D eigenvalue weighted by Crippen LogP contribution is 2.30. The average molecular weight is 415 g/mol. The molecule has 1 aliphatic heterocycles. The lowest BCUT2D eigenvalue weighted by Crippen LogP contribution is -2.32. The average Bonchev–Trinajstić information content (AvgIpc) is 3.08. The molecule has 1 N–H and O–H groups in total. The molecule has 1 amide bonds. The number of halogens is 1. The zero-order valence-electron chi connectivity index (χ0n) is 14.2. The lowest BCUT2D eigenvalue weighted by atomic mass is 9.93. The third-order valence-corrected chi connectivity index (χ3v) is 5.30. The van der Waals surface area contributed by atoms with Gasteiger partial charge in [0.15, 0.2) is 5.65 Å². The number of nitrogens with zero attached hydrogens (tertiary/aromatic N) is 5. The van der Waals surface area contributed by atoms with Gasteiger partial charge in [0, 0.05) is 49.7 Å². The van der Waals surface area contributed by atoms with E-state index < -0.39 is 0 Å². The molecule has 0 atom stereocenters. The molecule has 0 saturated carbocycles. The van der Waals surface area contributed by atoms with Gasteiger partial charge >= 0.3 is 0 Å². The first-order valence-corrected chi connectivity index (χ1v) is 9.40. The van der Waals surface area contributed by atoms with Crippen LogP contribution in [0, 0.1) is 0 Å². The van der Waals surface area contributed by atoms with Crippen LogP contribution >= 0.6 is 15.9 Å². The van der Waals surface area contributed by atoms with Gasteiger partial charge in [0.1, 0.15) is 5.82 Å². The van der Waals surface area contributed by atoms with E-state index in [4.69, 9.17) is 4.98 Å². The molecule has 0 spiro atoms. The van der Waals surface area contributed by atoms with E-state index in [0.29, 0.717) is 12.5 Å². The number of carbonyl (C=O) groups is 1. The minimum absolute atomic E-state index is 0.344. The van der Waals surface area contributed by atoms with Crippen molar-refractivity contribution in [1.82, 2.24) is 24.5 Å². The summed E-state index contributed by atoms with van der Waals surface area (Å²) in [5.74, 6) is 1.24. The van der Waals surface area contributed by atoms with E-state index in [1.54, 1.807) is 12.4 Å². The van der Waals surface area contributed by atoms with E-state index in [0.717, 1.165) is 59.5 Å². The Morgan fingerprint density at radius 2 is 2.15 bits per heavy atom. The molecule has 7 nitrogen and oxygen atoms in total. The van der Waals surface area contributed by atoms with Crippen LogP contribution in [0.2, 0.25) is 0 Å². The fourth-order valence-electron chi connectivity index (χ4n) is 3.29. The Morgan fingerprint density at radius 1 is 1.31 bits per heavy atom. The molecular weight excluding hydrogens is 396 g/mol. The van der Waals surface area contributed by atoms with E-state index in [9.17, 15) is 4.79 Å². The maximum Gasteiger partial charge on any atom is 0.209 e. The smallest absolute Gasteiger partial charge is 0.209 e. The Morgan fingerprint density at radius 3 is 2.88 bits per heavy atom. The van der Waals surface area contributed by atoms with E-state index >= 15 is 0 Å². The van der Waals surface area contributed by atoms with Gasteiger partial charge in [-0.15, -0.1) is 0 Å². The summed E-state index contributed by atoms with van der Waals surface area (Å²) in [4.78, 5) is 21.7. The summed E-state index contributed by atoms with van der Waals surface area (Å²) in [7, 11) is 0. The number of fused-ring (bicyclic) bond motifs is 1. The third kappa shape index (κ3) is 3.41. The SMILES string of the molecule is O=CN1CCC(c2cc(NCc3cccnc3)n3ncc(Br)c3n2)CC1. The minimum Gasteiger partial charge on any atom is -0.366 e. The van der Waals surface area contributed by atoms with E-state index in [2.05, 4.69) is 37.4 Å². The number of rotatable bonds is 5. The van der Waals surface area contributed by atoms with E-state index in [1.807, 2.05) is 27.7 Å². The largest absolute Gasteiger partial charge is 0.366 e. The van der Waals surface area contributed by atoms with Crippen LogP contribution in [-0.4, -0.2) is 44.0 Å². The molecule has 0 aliphatic carbocycles. The molecule has 3 aromatic heterocycles. The number of amides is 1. The van der Waals surface area contributed by atoms with Gasteiger partial charge in [-0.25, -0.2) is 4.98 Å². The molecule has 0 radical (unpaired) electrons. The molecule has 8 heteroatoms. The summed E-state index contributed by atoms with van der Waals surface area (Å²) in [6.45, 7) is 2.22. The molecule has 1 aliphatic rings. The lowest BCUT2D eigenvalue weighted by Gasteiger charge is -2.29. The monoisotopic (exact) mass is 414 g/mol. The number of piperidine rings is 1. The van der Waals surface area contributed by atoms with Crippen LogP contribution in [0.15, 0.2) is 41.3 Å². The molecule has 1 saturated heterocycles. The molecule has 26 heavy (non-hydrogen) atoms. The van der Waals surface area contributed by atoms with Crippen LogP contribution in [-0.2, 0) is 11.3 Å². The first-order chi connectivity index (χ1) is 12.7. The van der Waals surface area contributed by atoms with Gasteiger partial charge in [-0.2, -0.15) is 9.61 Å². The number of hydrogen-bond acceptors (Lipinski definition) is 5. The normalized spacial score (nSPS) is 15.3. The highest BCUT2D eigenvalue weighted by atomic mass is 79.9. The highest BCUT2D eigenvalue weighted by Gasteiger charge is 2.22. The standard InChI is InChI=1S/C18H19BrN6O/c19-15-11-22-25-17(21-10-13-2-1-5-20-9-13)8-16(23-18(15)25)14-3-6-24(12-26)7-4-14/h1-2,5,8-9,11-12,14,21H,3-4,6-7,10H2. The maximum absolute atomic E-state index is 10.9. The first-order valence-electron chi connectivity index (χ1n) is 8.61. The second-order valence-electron chi connectivity index (χ2n) is 6.42. The summed E-state index contributed by atoms with van der Waals surface area (Å²) >= 11 is 3.54. The van der Waals surface area contributed by atoms with Gasteiger partial charge < -0.3 is 10.2 Å². The van der Waals surface area contributed by atoms with Crippen LogP contribution in [0.25, 0.3) is 5.65 Å². The number of nitrogens with one attached hydrogen (secondary N) is 1. The van der Waals surface area contributed by atoms with Gasteiger partial charge in [0.2, 0.25) is 6.41 Å². The van der Waals surface area contributed by atoms with Gasteiger partial charge in [0.25, 0.3) is 0 Å². The number of hydrogen-bond donors (Lipinski definition) is 1. The number of carbonyl (C=O) groups excluding carboxylic acids is 1. The topological polar surface area (TPSA) is 75.4 Å². The molecule has 3 aromatic rings. The quantitative estimate of drug-likeness (QED) is 0.649. The zero-order chi connectivity index (χ0) is 17.9. The van der Waals surface area contributed by atoms with Crippen molar-refractivity contribution < 1.29 is 4.79 Å². The lowest BCUT2D eigenvalue weighted by molar-refractivity contribution is -0.119. The molecule has 4 rings (SSSR count). The molecule has 1 fully saturated rings. The second-order valence-corrected chi connectivity index (χ2v) is 7.28. The van der Waals surface area contributed by atoms with Gasteiger partial charge in [-0.3, -0.25) is 9.78 Å². The predicted octanol–water partition coefficient (Wildman–Crippen LogP) is 2.83. The maximum atomic E-state index is 10.9. The molecular formula is C18H19BrN6O. The van der Waals surface area contributed by atoms with Crippen molar-refractivity contribution in [1.29, 1.82) is 0 Å². The van der Waals surface area contributed by atoms with Crippen molar-refractivity contribution in [3.05, 3.63) is 52.5 Å². The highest BCUT2D eigenvalue weighted by molar-refractivity contribution is 9.10. The van der Waals surface area contributed by atoms with E-state index in [-0.39, 0.29) is 0 Å². The Balaban J connectivity index is 1.62. The van der Waals surface area contributed by atoms with Gasteiger partial charge in [0.05, 0.1) is 10.7 Å². The van der Waals surface area contributed by atoms with Crippen LogP contribution in [0.4, 0.5) is 5.82 Å². The van der Waals surface area contributed by atoms with Crippen LogP contribution in [0.1, 0.15) is 30.0 Å². The van der Waals surface area contributed by atoms with Crippen LogP contribution < -0.4 is 5.32 Å². The van der Waals surface area contributed by atoms with Crippen LogP contribution in [0.5, 0.6) is 0 Å². The first kappa shape index (κ1) is 17.0. The summed E-state index contributed by atoms with van der Waals surface area (Å²) < 4.78 is 2.68. The second kappa shape index (κ2) is 7.41. The summed E-state index contributed by atoms with van der Waals surface area (Å²) in [6.07, 6.45) is 8.16. The Hall–Kier alpha value is -2.48. The Kier molecular flexibility index (Phi) is 4.83. The molecule has 0 bridgehead atoms. The van der Waals surface area contributed by atoms with Crippen molar-refractivity contribution in [2.45, 2.75) is 25.3 Å². The fourth-order valence-corrected chi connectivity index (χ4v) is 3.63. The number of anilines is 1. The third-order valence-electron chi connectivity index (χ3n) is 4.74. The van der Waals surface area contributed by atoms with Gasteiger partial charge in [-0.05, 0) is 40.4 Å². The number of aromatic nitrogens is 4. The summed E-state index contributed by atoms with van der Waals surface area (Å²) in [6, 6.07) is 6.04. The van der Waals surface area contributed by atoms with Gasteiger partial charge in [-0.1, -0.05) is 6.07 Å².